The number of benzene rings is 2. The summed E-state index contributed by atoms with van der Waals surface area (Å²) >= 11 is 0. The molecule has 1 amide bonds. The summed E-state index contributed by atoms with van der Waals surface area (Å²) in [5, 5.41) is 19.0. The standard InChI is InChI=1S/C19H26N4O3.C14H18N4O/c1-14-5-6-15(16(11-14)17-21-20-13-25-17)12-22-7-9-23(10-8-22)18(24)26-19(2,3)4;1-11-2-3-12(9-18-6-4-15-5-7-18)13(8-11)14-17-16-10-19-14/h5-6,11,13H,7-10,12H2,1-4H3;2-3,8,10,15H,4-7,9H2,1H3. The normalized spacial score (nSPS) is 16.2. The van der Waals surface area contributed by atoms with Gasteiger partial charge in [0, 0.05) is 76.6 Å². The zero-order chi connectivity index (χ0) is 31.8. The van der Waals surface area contributed by atoms with Gasteiger partial charge in [-0.2, -0.15) is 0 Å². The van der Waals surface area contributed by atoms with Crippen molar-refractivity contribution < 1.29 is 18.4 Å². The second-order valence-electron chi connectivity index (χ2n) is 12.6. The fraction of sp³-hybridized carbons (Fsp3) is 0.485. The second kappa shape index (κ2) is 14.8. The van der Waals surface area contributed by atoms with Crippen LogP contribution in [0.5, 0.6) is 0 Å². The molecule has 1 N–H and O–H groups in total. The monoisotopic (exact) mass is 616 g/mol. The van der Waals surface area contributed by atoms with Crippen molar-refractivity contribution in [1.82, 2.24) is 40.4 Å². The Hall–Kier alpha value is -4.13. The van der Waals surface area contributed by atoms with Crippen molar-refractivity contribution >= 4 is 6.09 Å². The van der Waals surface area contributed by atoms with Gasteiger partial charge in [0.1, 0.15) is 5.60 Å². The molecule has 4 heterocycles. The molecule has 0 spiro atoms. The van der Waals surface area contributed by atoms with E-state index in [0.717, 1.165) is 74.6 Å². The number of aryl methyl sites for hydroxylation is 2. The van der Waals surface area contributed by atoms with Crippen molar-refractivity contribution in [2.45, 2.75) is 53.3 Å². The lowest BCUT2D eigenvalue weighted by Crippen LogP contribution is -2.49. The molecule has 2 fully saturated rings. The molecule has 2 aliphatic rings. The minimum Gasteiger partial charge on any atom is -0.444 e. The van der Waals surface area contributed by atoms with Crippen LogP contribution in [0.1, 0.15) is 43.0 Å². The Morgan fingerprint density at radius 1 is 0.778 bits per heavy atom. The van der Waals surface area contributed by atoms with Crippen LogP contribution in [0.25, 0.3) is 22.9 Å². The van der Waals surface area contributed by atoms with Crippen LogP contribution < -0.4 is 5.32 Å². The van der Waals surface area contributed by atoms with Crippen molar-refractivity contribution in [3.63, 3.8) is 0 Å². The predicted octanol–water partition coefficient (Wildman–Crippen LogP) is 4.55. The minimum absolute atomic E-state index is 0.237. The molecule has 0 unspecified atom stereocenters. The summed E-state index contributed by atoms with van der Waals surface area (Å²) < 4.78 is 16.2. The van der Waals surface area contributed by atoms with Crippen molar-refractivity contribution in [2.24, 2.45) is 0 Å². The summed E-state index contributed by atoms with van der Waals surface area (Å²) in [5.41, 5.74) is 6.30. The maximum Gasteiger partial charge on any atom is 0.410 e. The van der Waals surface area contributed by atoms with Crippen LogP contribution in [0.4, 0.5) is 4.79 Å². The summed E-state index contributed by atoms with van der Waals surface area (Å²) in [6.07, 6.45) is 2.49. The van der Waals surface area contributed by atoms with Gasteiger partial charge >= 0.3 is 6.09 Å². The molecule has 45 heavy (non-hydrogen) atoms. The Bertz CT molecular complexity index is 1500. The molecule has 0 atom stereocenters. The molecule has 12 heteroatoms. The van der Waals surface area contributed by atoms with Gasteiger partial charge in [-0.05, 0) is 57.9 Å². The number of piperazine rings is 2. The quantitative estimate of drug-likeness (QED) is 0.328. The molecule has 2 aliphatic heterocycles. The van der Waals surface area contributed by atoms with Crippen LogP contribution in [-0.2, 0) is 17.8 Å². The molecule has 12 nitrogen and oxygen atoms in total. The summed E-state index contributed by atoms with van der Waals surface area (Å²) in [7, 11) is 0. The molecular formula is C33H44N8O4. The van der Waals surface area contributed by atoms with E-state index >= 15 is 0 Å². The second-order valence-corrected chi connectivity index (χ2v) is 12.6. The summed E-state index contributed by atoms with van der Waals surface area (Å²) in [5.74, 6) is 1.14. The van der Waals surface area contributed by atoms with E-state index < -0.39 is 5.60 Å². The Morgan fingerprint density at radius 2 is 1.27 bits per heavy atom. The van der Waals surface area contributed by atoms with Gasteiger partial charge < -0.3 is 23.8 Å². The SMILES string of the molecule is Cc1ccc(CN2CCN(C(=O)OC(C)(C)C)CC2)c(-c2nnco2)c1.Cc1ccc(CN2CCNCC2)c(-c2nnco2)c1. The van der Waals surface area contributed by atoms with E-state index in [1.54, 1.807) is 4.90 Å². The maximum atomic E-state index is 12.2. The molecule has 0 bridgehead atoms. The molecule has 2 aromatic heterocycles. The third kappa shape index (κ3) is 9.19. The fourth-order valence-electron chi connectivity index (χ4n) is 5.40. The zero-order valence-electron chi connectivity index (χ0n) is 27.0. The Balaban J connectivity index is 0.000000186. The van der Waals surface area contributed by atoms with Gasteiger partial charge in [-0.3, -0.25) is 9.80 Å². The van der Waals surface area contributed by atoms with Crippen LogP contribution >= 0.6 is 0 Å². The number of aromatic nitrogens is 4. The Kier molecular flexibility index (Phi) is 10.6. The largest absolute Gasteiger partial charge is 0.444 e. The van der Waals surface area contributed by atoms with Crippen LogP contribution in [0.2, 0.25) is 0 Å². The maximum absolute atomic E-state index is 12.2. The van der Waals surface area contributed by atoms with Crippen LogP contribution in [-0.4, -0.2) is 99.1 Å². The summed E-state index contributed by atoms with van der Waals surface area (Å²) in [4.78, 5) is 18.7. The number of amides is 1. The smallest absolute Gasteiger partial charge is 0.410 e. The van der Waals surface area contributed by atoms with Crippen LogP contribution in [0.3, 0.4) is 0 Å². The lowest BCUT2D eigenvalue weighted by atomic mass is 10.0. The number of nitrogens with zero attached hydrogens (tertiary/aromatic N) is 7. The molecular weight excluding hydrogens is 572 g/mol. The third-order valence-electron chi connectivity index (χ3n) is 7.73. The summed E-state index contributed by atoms with van der Waals surface area (Å²) in [6, 6.07) is 12.7. The van der Waals surface area contributed by atoms with Crippen LogP contribution in [0, 0.1) is 13.8 Å². The summed E-state index contributed by atoms with van der Waals surface area (Å²) in [6.45, 7) is 18.7. The van der Waals surface area contributed by atoms with E-state index in [1.807, 2.05) is 27.7 Å². The van der Waals surface area contributed by atoms with E-state index in [-0.39, 0.29) is 6.09 Å². The van der Waals surface area contributed by atoms with Crippen molar-refractivity contribution in [3.8, 4) is 22.9 Å². The van der Waals surface area contributed by atoms with Crippen molar-refractivity contribution in [3.05, 3.63) is 71.4 Å². The van der Waals surface area contributed by atoms with Gasteiger partial charge in [0.2, 0.25) is 24.6 Å². The highest BCUT2D eigenvalue weighted by atomic mass is 16.6. The van der Waals surface area contributed by atoms with Gasteiger partial charge in [0.05, 0.1) is 0 Å². The van der Waals surface area contributed by atoms with Gasteiger partial charge in [-0.15, -0.1) is 20.4 Å². The molecule has 2 saturated heterocycles. The van der Waals surface area contributed by atoms with E-state index in [1.165, 1.54) is 23.9 Å². The number of hydrogen-bond acceptors (Lipinski definition) is 11. The Labute approximate surface area is 264 Å². The third-order valence-corrected chi connectivity index (χ3v) is 7.73. The molecule has 0 radical (unpaired) electrons. The van der Waals surface area contributed by atoms with E-state index in [9.17, 15) is 4.79 Å². The highest BCUT2D eigenvalue weighted by Crippen LogP contribution is 2.26. The van der Waals surface area contributed by atoms with Gasteiger partial charge in [0.15, 0.2) is 0 Å². The molecule has 2 aromatic carbocycles. The predicted molar refractivity (Wildman–Crippen MR) is 170 cm³/mol. The first-order valence-corrected chi connectivity index (χ1v) is 15.5. The number of carbonyl (C=O) groups is 1. The fourth-order valence-corrected chi connectivity index (χ4v) is 5.40. The first kappa shape index (κ1) is 32.3. The molecule has 0 aliphatic carbocycles. The Morgan fingerprint density at radius 3 is 1.71 bits per heavy atom. The topological polar surface area (TPSA) is 126 Å². The first-order chi connectivity index (χ1) is 21.6. The van der Waals surface area contributed by atoms with Crippen molar-refractivity contribution in [1.29, 1.82) is 0 Å². The highest BCUT2D eigenvalue weighted by molar-refractivity contribution is 5.68. The van der Waals surface area contributed by atoms with E-state index in [4.69, 9.17) is 13.6 Å². The number of hydrogen-bond donors (Lipinski definition) is 1. The number of carbonyl (C=O) groups excluding carboxylic acids is 1. The minimum atomic E-state index is -0.463. The first-order valence-electron chi connectivity index (χ1n) is 15.5. The molecule has 4 aromatic rings. The average Bonchev–Trinajstić information content (AvgIpc) is 3.75. The number of rotatable bonds is 6. The zero-order valence-corrected chi connectivity index (χ0v) is 27.0. The lowest BCUT2D eigenvalue weighted by Gasteiger charge is -2.35. The molecule has 240 valence electrons. The number of nitrogens with one attached hydrogen (secondary N) is 1. The van der Waals surface area contributed by atoms with E-state index in [0.29, 0.717) is 24.9 Å². The van der Waals surface area contributed by atoms with Crippen LogP contribution in [0.15, 0.2) is 58.0 Å². The highest BCUT2D eigenvalue weighted by Gasteiger charge is 2.26. The van der Waals surface area contributed by atoms with E-state index in [2.05, 4.69) is 78.8 Å². The lowest BCUT2D eigenvalue weighted by molar-refractivity contribution is 0.0139. The molecule has 0 saturated carbocycles. The van der Waals surface area contributed by atoms with Gasteiger partial charge in [-0.25, -0.2) is 4.79 Å². The average molecular weight is 617 g/mol. The molecule has 6 rings (SSSR count). The van der Waals surface area contributed by atoms with Crippen molar-refractivity contribution in [2.75, 3.05) is 52.4 Å². The number of ether oxygens (including phenoxy) is 1. The van der Waals surface area contributed by atoms with Gasteiger partial charge in [0.25, 0.3) is 0 Å². The van der Waals surface area contributed by atoms with Gasteiger partial charge in [-0.1, -0.05) is 35.4 Å².